The van der Waals surface area contributed by atoms with E-state index in [2.05, 4.69) is 0 Å². The molecule has 0 aliphatic rings. The summed E-state index contributed by atoms with van der Waals surface area (Å²) in [4.78, 5) is 12.3. The van der Waals surface area contributed by atoms with Crippen molar-refractivity contribution in [1.82, 2.24) is 0 Å². The van der Waals surface area contributed by atoms with Gasteiger partial charge in [0.25, 0.3) is 0 Å². The van der Waals surface area contributed by atoms with Gasteiger partial charge in [0.2, 0.25) is 5.78 Å². The SMILES string of the molecule is Cc1cccc(C(=O)/C(C#N)=C/c2c(F)cccc2Cl)c1. The summed E-state index contributed by atoms with van der Waals surface area (Å²) in [7, 11) is 0. The second-order valence-electron chi connectivity index (χ2n) is 4.50. The van der Waals surface area contributed by atoms with Crippen LogP contribution < -0.4 is 0 Å². The summed E-state index contributed by atoms with van der Waals surface area (Å²) in [5.74, 6) is -1.03. The molecule has 4 heteroatoms. The van der Waals surface area contributed by atoms with E-state index in [1.165, 1.54) is 24.3 Å². The van der Waals surface area contributed by atoms with Crippen LogP contribution in [0.3, 0.4) is 0 Å². The number of carbonyl (C=O) groups is 1. The van der Waals surface area contributed by atoms with Crippen molar-refractivity contribution in [2.24, 2.45) is 0 Å². The number of hydrogen-bond acceptors (Lipinski definition) is 2. The van der Waals surface area contributed by atoms with Gasteiger partial charge in [-0.15, -0.1) is 0 Å². The van der Waals surface area contributed by atoms with Crippen LogP contribution >= 0.6 is 11.6 Å². The maximum Gasteiger partial charge on any atom is 0.203 e. The fraction of sp³-hybridized carbons (Fsp3) is 0.0588. The van der Waals surface area contributed by atoms with Crippen LogP contribution in [-0.2, 0) is 0 Å². The highest BCUT2D eigenvalue weighted by molar-refractivity contribution is 6.32. The van der Waals surface area contributed by atoms with Gasteiger partial charge in [-0.1, -0.05) is 41.4 Å². The summed E-state index contributed by atoms with van der Waals surface area (Å²) in [5.41, 5.74) is 1.17. The first kappa shape index (κ1) is 15.0. The van der Waals surface area contributed by atoms with E-state index < -0.39 is 11.6 Å². The number of allylic oxidation sites excluding steroid dienone is 1. The predicted molar refractivity (Wildman–Crippen MR) is 80.5 cm³/mol. The Bertz CT molecular complexity index is 754. The average Bonchev–Trinajstić information content (AvgIpc) is 2.46. The predicted octanol–water partition coefficient (Wildman–Crippen LogP) is 4.58. The molecular formula is C17H11ClFNO. The number of aryl methyl sites for hydroxylation is 1. The molecule has 0 atom stereocenters. The highest BCUT2D eigenvalue weighted by atomic mass is 35.5. The minimum atomic E-state index is -0.577. The van der Waals surface area contributed by atoms with Crippen molar-refractivity contribution in [2.45, 2.75) is 6.92 Å². The first-order chi connectivity index (χ1) is 10.0. The van der Waals surface area contributed by atoms with E-state index in [-0.39, 0.29) is 16.2 Å². The second-order valence-corrected chi connectivity index (χ2v) is 4.91. The Morgan fingerprint density at radius 2 is 2.00 bits per heavy atom. The van der Waals surface area contributed by atoms with E-state index in [0.717, 1.165) is 5.56 Å². The topological polar surface area (TPSA) is 40.9 Å². The molecule has 0 saturated heterocycles. The first-order valence-electron chi connectivity index (χ1n) is 6.20. The summed E-state index contributed by atoms with van der Waals surface area (Å²) in [6, 6.07) is 12.9. The lowest BCUT2D eigenvalue weighted by Gasteiger charge is -2.03. The molecule has 2 rings (SSSR count). The third-order valence-corrected chi connectivity index (χ3v) is 3.26. The van der Waals surface area contributed by atoms with Crippen LogP contribution in [0.25, 0.3) is 6.08 Å². The van der Waals surface area contributed by atoms with Crippen LogP contribution in [0.2, 0.25) is 5.02 Å². The van der Waals surface area contributed by atoms with Crippen molar-refractivity contribution in [3.63, 3.8) is 0 Å². The highest BCUT2D eigenvalue weighted by Gasteiger charge is 2.14. The molecule has 0 aliphatic carbocycles. The molecule has 0 fully saturated rings. The molecular weight excluding hydrogens is 289 g/mol. The Kier molecular flexibility index (Phi) is 4.52. The number of hydrogen-bond donors (Lipinski definition) is 0. The Morgan fingerprint density at radius 3 is 2.62 bits per heavy atom. The molecule has 104 valence electrons. The van der Waals surface area contributed by atoms with E-state index in [1.54, 1.807) is 18.2 Å². The summed E-state index contributed by atoms with van der Waals surface area (Å²) in [6.45, 7) is 1.85. The zero-order valence-electron chi connectivity index (χ0n) is 11.2. The lowest BCUT2D eigenvalue weighted by Crippen LogP contribution is -2.02. The van der Waals surface area contributed by atoms with Gasteiger partial charge in [-0.2, -0.15) is 5.26 Å². The molecule has 2 nitrogen and oxygen atoms in total. The Morgan fingerprint density at radius 1 is 1.29 bits per heavy atom. The number of nitriles is 1. The van der Waals surface area contributed by atoms with Crippen molar-refractivity contribution in [3.05, 3.63) is 75.6 Å². The van der Waals surface area contributed by atoms with Crippen LogP contribution in [0.1, 0.15) is 21.5 Å². The number of ketones is 1. The van der Waals surface area contributed by atoms with Gasteiger partial charge < -0.3 is 0 Å². The molecule has 2 aromatic carbocycles. The monoisotopic (exact) mass is 299 g/mol. The summed E-state index contributed by atoms with van der Waals surface area (Å²) in [5, 5.41) is 9.32. The lowest BCUT2D eigenvalue weighted by atomic mass is 10.0. The Balaban J connectivity index is 2.47. The van der Waals surface area contributed by atoms with E-state index in [0.29, 0.717) is 5.56 Å². The van der Waals surface area contributed by atoms with E-state index >= 15 is 0 Å². The van der Waals surface area contributed by atoms with Gasteiger partial charge in [-0.3, -0.25) is 4.79 Å². The number of nitrogens with zero attached hydrogens (tertiary/aromatic N) is 1. The van der Waals surface area contributed by atoms with Crippen molar-refractivity contribution in [3.8, 4) is 6.07 Å². The van der Waals surface area contributed by atoms with Gasteiger partial charge in [0, 0.05) is 11.1 Å². The van der Waals surface area contributed by atoms with Crippen LogP contribution in [0.4, 0.5) is 4.39 Å². The fourth-order valence-electron chi connectivity index (χ4n) is 1.88. The number of benzene rings is 2. The normalized spacial score (nSPS) is 11.0. The molecule has 0 aliphatic heterocycles. The molecule has 0 saturated carbocycles. The maximum absolute atomic E-state index is 13.7. The molecule has 0 bridgehead atoms. The summed E-state index contributed by atoms with van der Waals surface area (Å²) in [6.07, 6.45) is 1.18. The second kappa shape index (κ2) is 6.34. The minimum absolute atomic E-state index is 0.0386. The van der Waals surface area contributed by atoms with E-state index in [1.807, 2.05) is 19.1 Å². The molecule has 21 heavy (non-hydrogen) atoms. The molecule has 0 spiro atoms. The maximum atomic E-state index is 13.7. The quantitative estimate of drug-likeness (QED) is 0.473. The molecule has 0 heterocycles. The lowest BCUT2D eigenvalue weighted by molar-refractivity contribution is 0.104. The first-order valence-corrected chi connectivity index (χ1v) is 6.58. The van der Waals surface area contributed by atoms with Crippen molar-refractivity contribution >= 4 is 23.5 Å². The van der Waals surface area contributed by atoms with Gasteiger partial charge in [0.1, 0.15) is 17.5 Å². The molecule has 2 aromatic rings. The zero-order valence-corrected chi connectivity index (χ0v) is 12.0. The molecule has 0 unspecified atom stereocenters. The van der Waals surface area contributed by atoms with Gasteiger partial charge in [-0.05, 0) is 31.2 Å². The van der Waals surface area contributed by atoms with Crippen LogP contribution in [-0.4, -0.2) is 5.78 Å². The van der Waals surface area contributed by atoms with Gasteiger partial charge >= 0.3 is 0 Å². The number of Topliss-reactive ketones (excluding diaryl/α,β-unsaturated/α-hetero) is 1. The fourth-order valence-corrected chi connectivity index (χ4v) is 2.10. The summed E-state index contributed by atoms with van der Waals surface area (Å²) < 4.78 is 13.7. The van der Waals surface area contributed by atoms with E-state index in [9.17, 15) is 9.18 Å². The molecule has 0 aromatic heterocycles. The van der Waals surface area contributed by atoms with Crippen LogP contribution in [0.5, 0.6) is 0 Å². The van der Waals surface area contributed by atoms with Crippen molar-refractivity contribution < 1.29 is 9.18 Å². The Hall–Kier alpha value is -2.44. The third-order valence-electron chi connectivity index (χ3n) is 2.93. The van der Waals surface area contributed by atoms with Gasteiger partial charge in [-0.25, -0.2) is 4.39 Å². The van der Waals surface area contributed by atoms with Crippen LogP contribution in [0.15, 0.2) is 48.0 Å². The number of carbonyl (C=O) groups excluding carboxylic acids is 1. The third kappa shape index (κ3) is 3.36. The summed E-state index contributed by atoms with van der Waals surface area (Å²) >= 11 is 5.90. The standard InChI is InChI=1S/C17H11ClFNO/c1-11-4-2-5-12(8-11)17(21)13(10-20)9-14-15(18)6-3-7-16(14)19/h2-9H,1H3/b13-9+. The van der Waals surface area contributed by atoms with Crippen molar-refractivity contribution in [2.75, 3.05) is 0 Å². The largest absolute Gasteiger partial charge is 0.288 e. The van der Waals surface area contributed by atoms with Crippen LogP contribution in [0, 0.1) is 24.1 Å². The number of rotatable bonds is 3. The molecule has 0 amide bonds. The van der Waals surface area contributed by atoms with Gasteiger partial charge in [0.05, 0.1) is 5.02 Å². The highest BCUT2D eigenvalue weighted by Crippen LogP contribution is 2.23. The minimum Gasteiger partial charge on any atom is -0.288 e. The average molecular weight is 300 g/mol. The smallest absolute Gasteiger partial charge is 0.203 e. The molecule has 0 radical (unpaired) electrons. The van der Waals surface area contributed by atoms with Gasteiger partial charge in [0.15, 0.2) is 0 Å². The van der Waals surface area contributed by atoms with E-state index in [4.69, 9.17) is 16.9 Å². The number of halogens is 2. The zero-order chi connectivity index (χ0) is 15.4. The van der Waals surface area contributed by atoms with Crippen molar-refractivity contribution in [1.29, 1.82) is 5.26 Å². The Labute approximate surface area is 127 Å². The molecule has 0 N–H and O–H groups in total.